The fourth-order valence-corrected chi connectivity index (χ4v) is 2.39. The lowest BCUT2D eigenvalue weighted by Crippen LogP contribution is -2.30. The summed E-state index contributed by atoms with van der Waals surface area (Å²) in [6, 6.07) is 20.2. The number of hydrogen-bond donors (Lipinski definition) is 0. The molecule has 1 amide bonds. The number of nitrogens with zero attached hydrogens (tertiary/aromatic N) is 1. The van der Waals surface area contributed by atoms with E-state index in [0.29, 0.717) is 0 Å². The summed E-state index contributed by atoms with van der Waals surface area (Å²) in [7, 11) is 1.85. The predicted molar refractivity (Wildman–Crippen MR) is 86.9 cm³/mol. The van der Waals surface area contributed by atoms with Crippen molar-refractivity contribution >= 4 is 5.91 Å². The molecule has 0 saturated heterocycles. The van der Waals surface area contributed by atoms with E-state index >= 15 is 0 Å². The van der Waals surface area contributed by atoms with Crippen molar-refractivity contribution in [3.05, 3.63) is 83.4 Å². The molecular formula is C19H21NO. The number of allylic oxidation sites excluding steroid dienone is 1. The number of benzene rings is 2. The van der Waals surface area contributed by atoms with Crippen molar-refractivity contribution in [3.63, 3.8) is 0 Å². The third-order valence-corrected chi connectivity index (χ3v) is 3.38. The molecule has 0 atom stereocenters. The van der Waals surface area contributed by atoms with Crippen LogP contribution in [0.4, 0.5) is 0 Å². The summed E-state index contributed by atoms with van der Waals surface area (Å²) in [5.74, 6) is 0.0210. The van der Waals surface area contributed by atoms with Gasteiger partial charge in [-0.25, -0.2) is 0 Å². The third-order valence-electron chi connectivity index (χ3n) is 3.38. The second kappa shape index (κ2) is 6.89. The van der Waals surface area contributed by atoms with E-state index in [4.69, 9.17) is 0 Å². The fraction of sp³-hybridized carbons (Fsp3) is 0.211. The maximum atomic E-state index is 12.4. The van der Waals surface area contributed by atoms with Gasteiger partial charge in [-0.05, 0) is 25.0 Å². The Morgan fingerprint density at radius 3 is 1.71 bits per heavy atom. The average molecular weight is 279 g/mol. The Hall–Kier alpha value is -2.35. The quantitative estimate of drug-likeness (QED) is 0.768. The molecule has 0 unspecified atom stereocenters. The maximum Gasteiger partial charge on any atom is 0.247 e. The summed E-state index contributed by atoms with van der Waals surface area (Å²) in [5, 5.41) is 0. The number of carbonyl (C=O) groups is 1. The molecule has 21 heavy (non-hydrogen) atoms. The van der Waals surface area contributed by atoms with Crippen LogP contribution < -0.4 is 0 Å². The first-order chi connectivity index (χ1) is 10.1. The SMILES string of the molecule is CC(C)=CC(=O)N(C)C(c1ccccc1)c1ccccc1. The highest BCUT2D eigenvalue weighted by atomic mass is 16.2. The van der Waals surface area contributed by atoms with Crippen LogP contribution in [0.1, 0.15) is 31.0 Å². The van der Waals surface area contributed by atoms with Crippen LogP contribution >= 0.6 is 0 Å². The zero-order valence-electron chi connectivity index (χ0n) is 12.8. The second-order valence-electron chi connectivity index (χ2n) is 5.39. The highest BCUT2D eigenvalue weighted by Gasteiger charge is 2.21. The number of amides is 1. The standard InChI is InChI=1S/C19H21NO/c1-15(2)14-18(21)20(3)19(16-10-6-4-7-11-16)17-12-8-5-9-13-17/h4-14,19H,1-3H3. The number of likely N-dealkylation sites (N-methyl/N-ethyl adjacent to an activating group) is 1. The second-order valence-corrected chi connectivity index (χ2v) is 5.39. The predicted octanol–water partition coefficient (Wildman–Crippen LogP) is 4.20. The molecular weight excluding hydrogens is 258 g/mol. The molecule has 0 aliphatic heterocycles. The van der Waals surface area contributed by atoms with Gasteiger partial charge in [-0.2, -0.15) is 0 Å². The van der Waals surface area contributed by atoms with Gasteiger partial charge in [0.05, 0.1) is 6.04 Å². The zero-order chi connectivity index (χ0) is 15.2. The molecule has 2 rings (SSSR count). The Morgan fingerprint density at radius 2 is 1.33 bits per heavy atom. The van der Waals surface area contributed by atoms with Crippen LogP contribution in [0, 0.1) is 0 Å². The summed E-state index contributed by atoms with van der Waals surface area (Å²) in [4.78, 5) is 14.2. The van der Waals surface area contributed by atoms with Gasteiger partial charge in [-0.15, -0.1) is 0 Å². The molecule has 2 aromatic carbocycles. The Kier molecular flexibility index (Phi) is 4.94. The summed E-state index contributed by atoms with van der Waals surface area (Å²) in [6.07, 6.45) is 1.68. The molecule has 2 heteroatoms. The summed E-state index contributed by atoms with van der Waals surface area (Å²) >= 11 is 0. The van der Waals surface area contributed by atoms with E-state index in [1.165, 1.54) is 0 Å². The van der Waals surface area contributed by atoms with Crippen molar-refractivity contribution in [2.75, 3.05) is 7.05 Å². The van der Waals surface area contributed by atoms with E-state index < -0.39 is 0 Å². The Labute approximate surface area is 126 Å². The van der Waals surface area contributed by atoms with Crippen LogP contribution in [0.3, 0.4) is 0 Å². The monoisotopic (exact) mass is 279 g/mol. The topological polar surface area (TPSA) is 20.3 Å². The van der Waals surface area contributed by atoms with E-state index in [-0.39, 0.29) is 11.9 Å². The van der Waals surface area contributed by atoms with E-state index in [1.54, 1.807) is 11.0 Å². The van der Waals surface area contributed by atoms with Crippen molar-refractivity contribution in [2.45, 2.75) is 19.9 Å². The lowest BCUT2D eigenvalue weighted by Gasteiger charge is -2.28. The highest BCUT2D eigenvalue weighted by molar-refractivity contribution is 5.88. The van der Waals surface area contributed by atoms with Gasteiger partial charge < -0.3 is 4.90 Å². The van der Waals surface area contributed by atoms with E-state index in [2.05, 4.69) is 24.3 Å². The van der Waals surface area contributed by atoms with Gasteiger partial charge >= 0.3 is 0 Å². The van der Waals surface area contributed by atoms with Crippen LogP contribution in [0.15, 0.2) is 72.3 Å². The normalized spacial score (nSPS) is 10.3. The minimum atomic E-state index is -0.0736. The van der Waals surface area contributed by atoms with Crippen molar-refractivity contribution in [2.24, 2.45) is 0 Å². The van der Waals surface area contributed by atoms with E-state index in [1.807, 2.05) is 57.3 Å². The Morgan fingerprint density at radius 1 is 0.905 bits per heavy atom. The third kappa shape index (κ3) is 3.82. The first-order valence-electron chi connectivity index (χ1n) is 7.11. The van der Waals surface area contributed by atoms with Gasteiger partial charge in [0, 0.05) is 13.1 Å². The molecule has 0 aromatic heterocycles. The first kappa shape index (κ1) is 15.0. The van der Waals surface area contributed by atoms with Crippen LogP contribution in [0.25, 0.3) is 0 Å². The average Bonchev–Trinajstić information content (AvgIpc) is 2.49. The summed E-state index contributed by atoms with van der Waals surface area (Å²) < 4.78 is 0. The molecule has 0 fully saturated rings. The molecule has 0 saturated carbocycles. The Balaban J connectivity index is 2.42. The molecule has 2 nitrogen and oxygen atoms in total. The number of hydrogen-bond acceptors (Lipinski definition) is 1. The van der Waals surface area contributed by atoms with Crippen LogP contribution in [0.2, 0.25) is 0 Å². The largest absolute Gasteiger partial charge is 0.331 e. The Bertz CT molecular complexity index is 573. The zero-order valence-corrected chi connectivity index (χ0v) is 12.8. The summed E-state index contributed by atoms with van der Waals surface area (Å²) in [6.45, 7) is 3.87. The van der Waals surface area contributed by atoms with Crippen LogP contribution in [-0.4, -0.2) is 17.9 Å². The lowest BCUT2D eigenvalue weighted by atomic mass is 9.97. The van der Waals surface area contributed by atoms with E-state index in [0.717, 1.165) is 16.7 Å². The minimum absolute atomic E-state index is 0.0210. The highest BCUT2D eigenvalue weighted by Crippen LogP contribution is 2.27. The van der Waals surface area contributed by atoms with Crippen molar-refractivity contribution in [1.82, 2.24) is 4.90 Å². The van der Waals surface area contributed by atoms with Crippen molar-refractivity contribution < 1.29 is 4.79 Å². The molecule has 108 valence electrons. The van der Waals surface area contributed by atoms with Crippen molar-refractivity contribution in [3.8, 4) is 0 Å². The molecule has 0 aliphatic rings. The van der Waals surface area contributed by atoms with E-state index in [9.17, 15) is 4.79 Å². The van der Waals surface area contributed by atoms with Gasteiger partial charge in [0.2, 0.25) is 5.91 Å². The molecule has 0 N–H and O–H groups in total. The molecule has 2 aromatic rings. The summed E-state index contributed by atoms with van der Waals surface area (Å²) in [5.41, 5.74) is 3.23. The van der Waals surface area contributed by atoms with Crippen molar-refractivity contribution in [1.29, 1.82) is 0 Å². The lowest BCUT2D eigenvalue weighted by molar-refractivity contribution is -0.126. The van der Waals surface area contributed by atoms with Gasteiger partial charge in [0.1, 0.15) is 0 Å². The molecule has 0 radical (unpaired) electrons. The minimum Gasteiger partial charge on any atom is -0.331 e. The van der Waals surface area contributed by atoms with Gasteiger partial charge in [-0.1, -0.05) is 66.2 Å². The van der Waals surface area contributed by atoms with Crippen LogP contribution in [-0.2, 0) is 4.79 Å². The van der Waals surface area contributed by atoms with Gasteiger partial charge in [0.25, 0.3) is 0 Å². The van der Waals surface area contributed by atoms with Crippen LogP contribution in [0.5, 0.6) is 0 Å². The smallest absolute Gasteiger partial charge is 0.247 e. The van der Waals surface area contributed by atoms with Gasteiger partial charge in [-0.3, -0.25) is 4.79 Å². The number of carbonyl (C=O) groups excluding carboxylic acids is 1. The van der Waals surface area contributed by atoms with Gasteiger partial charge in [0.15, 0.2) is 0 Å². The molecule has 0 spiro atoms. The first-order valence-corrected chi connectivity index (χ1v) is 7.11. The maximum absolute atomic E-state index is 12.4. The molecule has 0 aliphatic carbocycles. The fourth-order valence-electron chi connectivity index (χ4n) is 2.39. The molecule has 0 bridgehead atoms. The number of rotatable bonds is 4. The molecule has 0 heterocycles.